The van der Waals surface area contributed by atoms with Crippen molar-refractivity contribution in [1.82, 2.24) is 4.98 Å². The quantitative estimate of drug-likeness (QED) is 0.445. The molecule has 1 aromatic heterocycles. The van der Waals surface area contributed by atoms with Gasteiger partial charge in [-0.05, 0) is 108 Å². The van der Waals surface area contributed by atoms with E-state index in [-0.39, 0.29) is 11.3 Å². The molecule has 0 radical (unpaired) electrons. The molecule has 5 aliphatic carbocycles. The second kappa shape index (κ2) is 8.61. The summed E-state index contributed by atoms with van der Waals surface area (Å²) in [5.41, 5.74) is 8.16. The largest absolute Gasteiger partial charge is 0.299 e. The first-order chi connectivity index (χ1) is 17.9. The van der Waals surface area contributed by atoms with Gasteiger partial charge in [-0.2, -0.15) is 0 Å². The summed E-state index contributed by atoms with van der Waals surface area (Å²) < 4.78 is 0. The Morgan fingerprint density at radius 3 is 2.54 bits per heavy atom. The number of carbonyl (C=O) groups excluding carboxylic acids is 2. The molecular formula is C34H37NO2. The summed E-state index contributed by atoms with van der Waals surface area (Å²) in [7, 11) is 0. The van der Waals surface area contributed by atoms with E-state index in [4.69, 9.17) is 0 Å². The Kier molecular flexibility index (Phi) is 5.43. The predicted octanol–water partition coefficient (Wildman–Crippen LogP) is 7.49. The third-order valence-electron chi connectivity index (χ3n) is 10.7. The van der Waals surface area contributed by atoms with Crippen LogP contribution in [0.2, 0.25) is 0 Å². The van der Waals surface area contributed by atoms with Gasteiger partial charge in [0.05, 0.1) is 0 Å². The zero-order valence-electron chi connectivity index (χ0n) is 22.1. The molecule has 0 amide bonds. The molecule has 6 atom stereocenters. The average molecular weight is 492 g/mol. The van der Waals surface area contributed by atoms with Crippen LogP contribution in [0.1, 0.15) is 76.7 Å². The number of nitrogens with zero attached hydrogens (tertiary/aromatic N) is 1. The number of carbonyl (C=O) groups is 2. The highest BCUT2D eigenvalue weighted by Gasteiger charge is 2.61. The Labute approximate surface area is 220 Å². The number of rotatable bonds is 4. The summed E-state index contributed by atoms with van der Waals surface area (Å²) in [5.74, 6) is 3.26. The second-order valence-corrected chi connectivity index (χ2v) is 12.8. The van der Waals surface area contributed by atoms with Gasteiger partial charge in [-0.1, -0.05) is 49.8 Å². The van der Waals surface area contributed by atoms with Crippen molar-refractivity contribution in [2.45, 2.75) is 71.1 Å². The fourth-order valence-corrected chi connectivity index (χ4v) is 9.00. The van der Waals surface area contributed by atoms with Gasteiger partial charge in [-0.25, -0.2) is 0 Å². The Bertz CT molecular complexity index is 1320. The van der Waals surface area contributed by atoms with Crippen LogP contribution < -0.4 is 0 Å². The van der Waals surface area contributed by atoms with Crippen LogP contribution in [0.5, 0.6) is 0 Å². The van der Waals surface area contributed by atoms with E-state index in [1.54, 1.807) is 5.57 Å². The first-order valence-electron chi connectivity index (χ1n) is 14.4. The minimum absolute atomic E-state index is 0.0478. The van der Waals surface area contributed by atoms with Gasteiger partial charge in [-0.15, -0.1) is 0 Å². The SMILES string of the molecule is CC1C[C@H]2[C@@H]3CCC4=CC(=O)CCC4=C3C(c3ccc(-c4cccnc4)cc3)C[C@]2(C)C1C(=O)C1CC1. The van der Waals surface area contributed by atoms with Gasteiger partial charge < -0.3 is 0 Å². The van der Waals surface area contributed by atoms with E-state index in [9.17, 15) is 9.59 Å². The lowest BCUT2D eigenvalue weighted by molar-refractivity contribution is -0.130. The highest BCUT2D eigenvalue weighted by Crippen LogP contribution is 2.67. The van der Waals surface area contributed by atoms with Crippen LogP contribution in [0.3, 0.4) is 0 Å². The fraction of sp³-hybridized carbons (Fsp3) is 0.500. The minimum Gasteiger partial charge on any atom is -0.299 e. The molecule has 3 fully saturated rings. The van der Waals surface area contributed by atoms with Gasteiger partial charge in [-0.3, -0.25) is 14.6 Å². The number of allylic oxidation sites excluding steroid dienone is 4. The van der Waals surface area contributed by atoms with Crippen LogP contribution in [0.4, 0.5) is 0 Å². The summed E-state index contributed by atoms with van der Waals surface area (Å²) >= 11 is 0. The molecule has 0 N–H and O–H groups in total. The zero-order valence-corrected chi connectivity index (χ0v) is 22.1. The molecule has 1 heterocycles. The molecule has 0 spiro atoms. The van der Waals surface area contributed by atoms with Crippen LogP contribution in [0.25, 0.3) is 11.1 Å². The van der Waals surface area contributed by atoms with E-state index < -0.39 is 0 Å². The molecule has 0 saturated heterocycles. The molecule has 5 aliphatic rings. The molecule has 7 rings (SSSR count). The van der Waals surface area contributed by atoms with Crippen molar-refractivity contribution < 1.29 is 9.59 Å². The number of hydrogen-bond donors (Lipinski definition) is 0. The van der Waals surface area contributed by atoms with Gasteiger partial charge in [0.25, 0.3) is 0 Å². The third-order valence-corrected chi connectivity index (χ3v) is 10.7. The number of fused-ring (bicyclic) bond motifs is 4. The number of pyridine rings is 1. The monoisotopic (exact) mass is 491 g/mol. The molecule has 3 saturated carbocycles. The van der Waals surface area contributed by atoms with E-state index in [1.807, 2.05) is 24.5 Å². The molecule has 3 heteroatoms. The van der Waals surface area contributed by atoms with E-state index in [0.717, 1.165) is 44.1 Å². The normalized spacial score (nSPS) is 34.9. The molecule has 37 heavy (non-hydrogen) atoms. The number of ketones is 2. The molecule has 2 aromatic rings. The first kappa shape index (κ1) is 23.3. The van der Waals surface area contributed by atoms with Crippen molar-refractivity contribution in [3.05, 3.63) is 77.2 Å². The third kappa shape index (κ3) is 3.72. The van der Waals surface area contributed by atoms with Crippen LogP contribution in [0, 0.1) is 35.0 Å². The van der Waals surface area contributed by atoms with Crippen molar-refractivity contribution in [1.29, 1.82) is 0 Å². The van der Waals surface area contributed by atoms with Crippen molar-refractivity contribution in [2.75, 3.05) is 0 Å². The molecule has 0 bridgehead atoms. The van der Waals surface area contributed by atoms with E-state index in [2.05, 4.69) is 49.2 Å². The van der Waals surface area contributed by atoms with Gasteiger partial charge in [0.1, 0.15) is 5.78 Å². The molecule has 3 nitrogen and oxygen atoms in total. The molecular weight excluding hydrogens is 454 g/mol. The summed E-state index contributed by atoms with van der Waals surface area (Å²) in [6, 6.07) is 13.2. The summed E-state index contributed by atoms with van der Waals surface area (Å²) in [4.78, 5) is 30.3. The van der Waals surface area contributed by atoms with E-state index in [0.29, 0.717) is 47.6 Å². The van der Waals surface area contributed by atoms with Crippen molar-refractivity contribution in [3.8, 4) is 11.1 Å². The van der Waals surface area contributed by atoms with Crippen molar-refractivity contribution >= 4 is 11.6 Å². The Morgan fingerprint density at radius 1 is 1.00 bits per heavy atom. The maximum Gasteiger partial charge on any atom is 0.156 e. The van der Waals surface area contributed by atoms with Crippen molar-refractivity contribution in [3.63, 3.8) is 0 Å². The maximum absolute atomic E-state index is 13.7. The number of benzene rings is 1. The Balaban J connectivity index is 1.34. The highest BCUT2D eigenvalue weighted by molar-refractivity contribution is 5.93. The van der Waals surface area contributed by atoms with Crippen molar-refractivity contribution in [2.24, 2.45) is 35.0 Å². The Hall–Kier alpha value is -2.81. The zero-order chi connectivity index (χ0) is 25.3. The van der Waals surface area contributed by atoms with Crippen LogP contribution >= 0.6 is 0 Å². The van der Waals surface area contributed by atoms with E-state index >= 15 is 0 Å². The van der Waals surface area contributed by atoms with E-state index in [1.165, 1.54) is 28.7 Å². The standard InChI is InChI=1S/C34H37NO2/c1-20-16-30-28-13-11-24-17-26(36)12-14-27(24)31(28)29(18-34(30,2)32(20)33(37)23-9-10-23)22-7-5-21(6-8-22)25-4-3-15-35-19-25/h3-8,15,17,19-20,23,28-30,32H,9-14,16,18H2,1-2H3/t20?,28-,29?,30-,32?,34-/m0/s1. The molecule has 190 valence electrons. The first-order valence-corrected chi connectivity index (χ1v) is 14.4. The number of Topliss-reactive ketones (excluding diaryl/α,β-unsaturated/α-hetero) is 1. The van der Waals surface area contributed by atoms with Gasteiger partial charge in [0.15, 0.2) is 5.78 Å². The van der Waals surface area contributed by atoms with Crippen LogP contribution in [-0.4, -0.2) is 16.6 Å². The minimum atomic E-state index is 0.0478. The summed E-state index contributed by atoms with van der Waals surface area (Å²) in [6.07, 6.45) is 13.8. The summed E-state index contributed by atoms with van der Waals surface area (Å²) in [6.45, 7) is 4.83. The topological polar surface area (TPSA) is 47.0 Å². The molecule has 1 aromatic carbocycles. The maximum atomic E-state index is 13.7. The second-order valence-electron chi connectivity index (χ2n) is 12.8. The lowest BCUT2D eigenvalue weighted by Gasteiger charge is -2.52. The highest BCUT2D eigenvalue weighted by atomic mass is 16.1. The van der Waals surface area contributed by atoms with Crippen LogP contribution in [-0.2, 0) is 9.59 Å². The van der Waals surface area contributed by atoms with Gasteiger partial charge in [0.2, 0.25) is 0 Å². The lowest BCUT2D eigenvalue weighted by atomic mass is 9.51. The smallest absolute Gasteiger partial charge is 0.156 e. The fourth-order valence-electron chi connectivity index (χ4n) is 9.00. The average Bonchev–Trinajstić information content (AvgIpc) is 3.72. The van der Waals surface area contributed by atoms with Crippen LogP contribution in [0.15, 0.2) is 71.6 Å². The molecule has 0 aliphatic heterocycles. The Morgan fingerprint density at radius 2 is 1.81 bits per heavy atom. The number of aromatic nitrogens is 1. The molecule has 3 unspecified atom stereocenters. The van der Waals surface area contributed by atoms with Gasteiger partial charge >= 0.3 is 0 Å². The number of hydrogen-bond acceptors (Lipinski definition) is 3. The summed E-state index contributed by atoms with van der Waals surface area (Å²) in [5, 5.41) is 0. The lowest BCUT2D eigenvalue weighted by Crippen LogP contribution is -2.45. The predicted molar refractivity (Wildman–Crippen MR) is 146 cm³/mol. The van der Waals surface area contributed by atoms with Gasteiger partial charge in [0, 0.05) is 36.6 Å².